The van der Waals surface area contributed by atoms with Crippen LogP contribution >= 0.6 is 11.6 Å². The van der Waals surface area contributed by atoms with Gasteiger partial charge in [-0.1, -0.05) is 11.6 Å². The maximum Gasteiger partial charge on any atom is 0.407 e. The molecule has 226 valence electrons. The van der Waals surface area contributed by atoms with Gasteiger partial charge in [-0.3, -0.25) is 0 Å². The number of amides is 1. The minimum Gasteiger partial charge on any atom is -0.478 e. The van der Waals surface area contributed by atoms with Crippen LogP contribution in [0, 0.1) is 22.7 Å². The van der Waals surface area contributed by atoms with Crippen molar-refractivity contribution in [3.8, 4) is 12.1 Å². The number of carboxylic acid groups (broad SMARTS) is 1. The fourth-order valence-electron chi connectivity index (χ4n) is 4.60. The monoisotopic (exact) mass is 620 g/mol. The van der Waals surface area contributed by atoms with Crippen LogP contribution in [0.25, 0.3) is 5.65 Å². The van der Waals surface area contributed by atoms with Crippen LogP contribution in [0.1, 0.15) is 30.5 Å². The van der Waals surface area contributed by atoms with Gasteiger partial charge in [0.1, 0.15) is 12.2 Å². The first-order valence-corrected chi connectivity index (χ1v) is 13.7. The second-order valence-corrected chi connectivity index (χ2v) is 10.3. The molecule has 4 N–H and O–H groups in total. The number of halogens is 1. The van der Waals surface area contributed by atoms with Crippen LogP contribution in [0.2, 0.25) is 5.02 Å². The lowest BCUT2D eigenvalue weighted by Crippen LogP contribution is -2.55. The Labute approximate surface area is 254 Å². The molecule has 0 radical (unpaired) electrons. The highest BCUT2D eigenvalue weighted by atomic mass is 35.5. The third-order valence-corrected chi connectivity index (χ3v) is 7.24. The van der Waals surface area contributed by atoms with E-state index in [0.717, 1.165) is 18.9 Å². The smallest absolute Gasteiger partial charge is 0.407 e. The lowest BCUT2D eigenvalue weighted by molar-refractivity contribution is -0.145. The number of alkyl carbamates (subject to hydrolysis) is 1. The zero-order chi connectivity index (χ0) is 31.4. The fourth-order valence-corrected chi connectivity index (χ4v) is 4.88. The standard InChI is InChI=1S/C27H25ClN10O6/c1-43-27(42)34-17-6-7-37(13-20(17)44-22(41)5-4-21(39)40)19-9-14(10-29)8-18(23(19)28)33-26-35-24(32-15-2-3-15)25-31-12-16(11-30)38(25)36-26/h4-5,8-9,12,15,17,20H,2-3,6-7,13H2,1H3,(H,34,42)(H,39,40)(H2,32,33,35,36)/b5-4+/t17-,20-/m0/s1. The summed E-state index contributed by atoms with van der Waals surface area (Å²) in [6.07, 6.45) is 3.38. The molecule has 5 rings (SSSR count). The molecule has 1 amide bonds. The lowest BCUT2D eigenvalue weighted by atomic mass is 10.0. The SMILES string of the molecule is COC(=O)N[C@H]1CCN(c2cc(C#N)cc(Nc3nc(NC4CC4)c4ncc(C#N)n4n3)c2Cl)C[C@@H]1OC(=O)/C=C/C(=O)O. The molecule has 16 nitrogen and oxygen atoms in total. The molecule has 1 aromatic carbocycles. The first kappa shape index (κ1) is 29.9. The van der Waals surface area contributed by atoms with Gasteiger partial charge < -0.3 is 35.4 Å². The van der Waals surface area contributed by atoms with Gasteiger partial charge in [0.25, 0.3) is 0 Å². The van der Waals surface area contributed by atoms with E-state index in [1.165, 1.54) is 23.9 Å². The second kappa shape index (κ2) is 12.7. The minimum absolute atomic E-state index is 0.0356. The van der Waals surface area contributed by atoms with Gasteiger partial charge in [0.15, 0.2) is 17.2 Å². The van der Waals surface area contributed by atoms with Crippen LogP contribution in [-0.2, 0) is 19.1 Å². The summed E-state index contributed by atoms with van der Waals surface area (Å²) < 4.78 is 11.5. The summed E-state index contributed by atoms with van der Waals surface area (Å²) in [6.45, 7) is 0.369. The molecule has 0 spiro atoms. The maximum atomic E-state index is 12.3. The first-order valence-electron chi connectivity index (χ1n) is 13.3. The number of nitriles is 2. The number of imidazole rings is 1. The van der Waals surface area contributed by atoms with Crippen molar-refractivity contribution in [2.24, 2.45) is 0 Å². The Morgan fingerprint density at radius 2 is 1.98 bits per heavy atom. The molecule has 17 heteroatoms. The quantitative estimate of drug-likeness (QED) is 0.199. The van der Waals surface area contributed by atoms with E-state index in [9.17, 15) is 24.9 Å². The van der Waals surface area contributed by atoms with Crippen LogP contribution in [-0.4, -0.2) is 81.1 Å². The van der Waals surface area contributed by atoms with Crippen LogP contribution < -0.4 is 20.9 Å². The van der Waals surface area contributed by atoms with E-state index in [0.29, 0.717) is 41.9 Å². The van der Waals surface area contributed by atoms with E-state index in [2.05, 4.69) is 41.8 Å². The van der Waals surface area contributed by atoms with E-state index < -0.39 is 30.2 Å². The zero-order valence-electron chi connectivity index (χ0n) is 23.2. The van der Waals surface area contributed by atoms with Gasteiger partial charge in [-0.2, -0.15) is 20.0 Å². The molecular formula is C27H25ClN10O6. The maximum absolute atomic E-state index is 12.3. The number of carbonyl (C=O) groups excluding carboxylic acids is 2. The molecule has 2 aromatic heterocycles. The molecule has 2 fully saturated rings. The average molecular weight is 621 g/mol. The molecular weight excluding hydrogens is 596 g/mol. The molecule has 1 aliphatic carbocycles. The number of nitrogens with zero attached hydrogens (tertiary/aromatic N) is 7. The van der Waals surface area contributed by atoms with Crippen LogP contribution in [0.4, 0.5) is 27.9 Å². The summed E-state index contributed by atoms with van der Waals surface area (Å²) in [5.41, 5.74) is 1.55. The second-order valence-electron chi connectivity index (χ2n) is 9.91. The Morgan fingerprint density at radius 3 is 2.66 bits per heavy atom. The Hall–Kier alpha value is -5.61. The summed E-state index contributed by atoms with van der Waals surface area (Å²) in [4.78, 5) is 45.7. The molecule has 0 unspecified atom stereocenters. The third-order valence-electron chi connectivity index (χ3n) is 6.84. The van der Waals surface area contributed by atoms with Crippen LogP contribution in [0.5, 0.6) is 0 Å². The van der Waals surface area contributed by atoms with Crippen LogP contribution in [0.15, 0.2) is 30.5 Å². The Morgan fingerprint density at radius 1 is 1.18 bits per heavy atom. The number of piperidine rings is 1. The summed E-state index contributed by atoms with van der Waals surface area (Å²) in [6, 6.07) is 6.82. The zero-order valence-corrected chi connectivity index (χ0v) is 23.9. The number of methoxy groups -OCH3 is 1. The van der Waals surface area contributed by atoms with Crippen LogP contribution in [0.3, 0.4) is 0 Å². The van der Waals surface area contributed by atoms with Crippen molar-refractivity contribution in [2.45, 2.75) is 37.5 Å². The van der Waals surface area contributed by atoms with E-state index >= 15 is 0 Å². The predicted octanol–water partition coefficient (Wildman–Crippen LogP) is 2.33. The molecule has 1 aliphatic heterocycles. The fraction of sp³-hybridized carbons (Fsp3) is 0.333. The molecule has 2 aliphatic rings. The number of ether oxygens (including phenoxy) is 2. The highest BCUT2D eigenvalue weighted by Gasteiger charge is 2.34. The summed E-state index contributed by atoms with van der Waals surface area (Å²) >= 11 is 6.86. The number of benzene rings is 1. The molecule has 3 aromatic rings. The summed E-state index contributed by atoms with van der Waals surface area (Å²) in [5, 5.41) is 41.7. The van der Waals surface area contributed by atoms with Gasteiger partial charge in [0.2, 0.25) is 5.95 Å². The van der Waals surface area contributed by atoms with Crippen molar-refractivity contribution in [3.63, 3.8) is 0 Å². The Kier molecular flexibility index (Phi) is 8.63. The normalized spacial score (nSPS) is 17.9. The van der Waals surface area contributed by atoms with Gasteiger partial charge in [0, 0.05) is 24.7 Å². The number of aromatic nitrogens is 4. The summed E-state index contributed by atoms with van der Waals surface area (Å²) in [5.74, 6) is -1.72. The number of aliphatic carboxylic acids is 1. The van der Waals surface area contributed by atoms with E-state index in [1.54, 1.807) is 11.0 Å². The van der Waals surface area contributed by atoms with E-state index in [4.69, 9.17) is 21.4 Å². The Bertz CT molecular complexity index is 1740. The topological polar surface area (TPSA) is 220 Å². The van der Waals surface area contributed by atoms with Gasteiger partial charge in [-0.25, -0.2) is 19.4 Å². The van der Waals surface area contributed by atoms with Crippen molar-refractivity contribution in [1.29, 1.82) is 10.5 Å². The molecule has 3 heterocycles. The van der Waals surface area contributed by atoms with Crippen molar-refractivity contribution in [2.75, 3.05) is 35.7 Å². The number of hydrogen-bond donors (Lipinski definition) is 4. The van der Waals surface area contributed by atoms with Crippen molar-refractivity contribution in [3.05, 3.63) is 46.8 Å². The number of fused-ring (bicyclic) bond motifs is 1. The number of rotatable bonds is 9. The number of nitrogens with one attached hydrogen (secondary N) is 3. The van der Waals surface area contributed by atoms with Gasteiger partial charge in [-0.05, 0) is 31.4 Å². The molecule has 0 bridgehead atoms. The first-order chi connectivity index (χ1) is 21.2. The average Bonchev–Trinajstić information content (AvgIpc) is 3.73. The number of esters is 1. The lowest BCUT2D eigenvalue weighted by Gasteiger charge is -2.39. The predicted molar refractivity (Wildman–Crippen MR) is 154 cm³/mol. The Balaban J connectivity index is 1.45. The highest BCUT2D eigenvalue weighted by molar-refractivity contribution is 6.36. The third kappa shape index (κ3) is 6.71. The molecule has 2 atom stereocenters. The largest absolute Gasteiger partial charge is 0.478 e. The van der Waals surface area contributed by atoms with Gasteiger partial charge >= 0.3 is 18.0 Å². The van der Waals surface area contributed by atoms with Gasteiger partial charge in [0.05, 0.1) is 53.9 Å². The van der Waals surface area contributed by atoms with E-state index in [1.807, 2.05) is 6.07 Å². The van der Waals surface area contributed by atoms with E-state index in [-0.39, 0.29) is 34.8 Å². The highest BCUT2D eigenvalue weighted by Crippen LogP contribution is 2.37. The molecule has 44 heavy (non-hydrogen) atoms. The van der Waals surface area contributed by atoms with Crippen molar-refractivity contribution < 1.29 is 29.0 Å². The number of carboxylic acids is 1. The number of anilines is 4. The molecule has 1 saturated carbocycles. The number of carbonyl (C=O) groups is 3. The van der Waals surface area contributed by atoms with Crippen molar-refractivity contribution in [1.82, 2.24) is 24.9 Å². The summed E-state index contributed by atoms with van der Waals surface area (Å²) in [7, 11) is 1.20. The molecule has 1 saturated heterocycles. The number of hydrogen-bond acceptors (Lipinski definition) is 13. The van der Waals surface area contributed by atoms with Crippen molar-refractivity contribution >= 4 is 58.4 Å². The van der Waals surface area contributed by atoms with Gasteiger partial charge in [-0.15, -0.1) is 5.10 Å². The minimum atomic E-state index is -1.33.